The molecule has 1 aliphatic rings. The van der Waals surface area contributed by atoms with Crippen LogP contribution in [0.4, 0.5) is 11.4 Å². The molecule has 1 aliphatic carbocycles. The van der Waals surface area contributed by atoms with Crippen LogP contribution in [0.5, 0.6) is 0 Å². The summed E-state index contributed by atoms with van der Waals surface area (Å²) in [5, 5.41) is 3.61. The van der Waals surface area contributed by atoms with Crippen molar-refractivity contribution in [1.82, 2.24) is 0 Å². The topological polar surface area (TPSA) is 38.0 Å². The third-order valence-corrected chi connectivity index (χ3v) is 4.40. The molecule has 0 saturated heterocycles. The van der Waals surface area contributed by atoms with Crippen LogP contribution in [-0.4, -0.2) is 6.04 Å². The van der Waals surface area contributed by atoms with E-state index < -0.39 is 0 Å². The number of hydrogen-bond acceptors (Lipinski definition) is 2. The molecule has 0 amide bonds. The number of rotatable bonds is 3. The summed E-state index contributed by atoms with van der Waals surface area (Å²) in [6.07, 6.45) is 6.63. The van der Waals surface area contributed by atoms with Crippen LogP contribution in [0, 0.1) is 9.49 Å². The summed E-state index contributed by atoms with van der Waals surface area (Å²) >= 11 is 2.29. The van der Waals surface area contributed by atoms with Crippen LogP contribution < -0.4 is 11.1 Å². The second-order valence-corrected chi connectivity index (χ2v) is 6.26. The monoisotopic (exact) mass is 344 g/mol. The van der Waals surface area contributed by atoms with Crippen LogP contribution in [0.15, 0.2) is 18.2 Å². The van der Waals surface area contributed by atoms with Gasteiger partial charge in [-0.15, -0.1) is 0 Å². The Kier molecular flexibility index (Phi) is 4.54. The lowest BCUT2D eigenvalue weighted by molar-refractivity contribution is 0.327. The van der Waals surface area contributed by atoms with Crippen LogP contribution in [0.25, 0.3) is 0 Å². The molecule has 1 fully saturated rings. The van der Waals surface area contributed by atoms with E-state index in [0.717, 1.165) is 17.3 Å². The van der Waals surface area contributed by atoms with E-state index >= 15 is 0 Å². The van der Waals surface area contributed by atoms with Gasteiger partial charge in [-0.3, -0.25) is 0 Å². The molecule has 2 nitrogen and oxygen atoms in total. The van der Waals surface area contributed by atoms with Crippen LogP contribution in [-0.2, 0) is 0 Å². The van der Waals surface area contributed by atoms with Gasteiger partial charge in [-0.2, -0.15) is 0 Å². The minimum atomic E-state index is 0.607. The maximum absolute atomic E-state index is 6.04. The lowest BCUT2D eigenvalue weighted by Crippen LogP contribution is -2.27. The Morgan fingerprint density at radius 3 is 2.94 bits per heavy atom. The quantitative estimate of drug-likeness (QED) is 0.635. The van der Waals surface area contributed by atoms with E-state index in [1.165, 1.54) is 35.7 Å². The smallest absolute Gasteiger partial charge is 0.0576 e. The summed E-state index contributed by atoms with van der Waals surface area (Å²) < 4.78 is 1.20. The second-order valence-electron chi connectivity index (χ2n) is 5.01. The predicted octanol–water partition coefficient (Wildman–Crippen LogP) is 4.25. The first-order chi connectivity index (χ1) is 8.19. The average molecular weight is 344 g/mol. The van der Waals surface area contributed by atoms with Crippen molar-refractivity contribution in [1.29, 1.82) is 0 Å². The molecule has 0 aliphatic heterocycles. The van der Waals surface area contributed by atoms with Crippen molar-refractivity contribution in [2.45, 2.75) is 45.1 Å². The average Bonchev–Trinajstić information content (AvgIpc) is 2.33. The van der Waals surface area contributed by atoms with Crippen LogP contribution in [0.2, 0.25) is 0 Å². The Morgan fingerprint density at radius 1 is 1.41 bits per heavy atom. The van der Waals surface area contributed by atoms with Gasteiger partial charge in [0.2, 0.25) is 0 Å². The summed E-state index contributed by atoms with van der Waals surface area (Å²) in [7, 11) is 0. The van der Waals surface area contributed by atoms with Gasteiger partial charge >= 0.3 is 0 Å². The van der Waals surface area contributed by atoms with Crippen molar-refractivity contribution >= 4 is 34.0 Å². The van der Waals surface area contributed by atoms with E-state index in [4.69, 9.17) is 5.73 Å². The van der Waals surface area contributed by atoms with E-state index in [2.05, 4.69) is 47.0 Å². The Balaban J connectivity index is 2.00. The molecule has 0 spiro atoms. The van der Waals surface area contributed by atoms with Gasteiger partial charge in [0.15, 0.2) is 0 Å². The molecule has 0 radical (unpaired) electrons. The molecule has 1 saturated carbocycles. The summed E-state index contributed by atoms with van der Waals surface area (Å²) in [4.78, 5) is 0. The number of benzene rings is 1. The van der Waals surface area contributed by atoms with Gasteiger partial charge in [-0.25, -0.2) is 0 Å². The van der Waals surface area contributed by atoms with Crippen molar-refractivity contribution in [3.63, 3.8) is 0 Å². The number of hydrogen-bond donors (Lipinski definition) is 2. The van der Waals surface area contributed by atoms with Crippen molar-refractivity contribution < 1.29 is 0 Å². The molecule has 1 aromatic rings. The van der Waals surface area contributed by atoms with Crippen LogP contribution >= 0.6 is 22.6 Å². The number of halogens is 1. The van der Waals surface area contributed by atoms with Crippen LogP contribution in [0.1, 0.15) is 39.0 Å². The number of nitrogen functional groups attached to an aromatic ring is 1. The van der Waals surface area contributed by atoms with Gasteiger partial charge < -0.3 is 11.1 Å². The van der Waals surface area contributed by atoms with Gasteiger partial charge in [-0.1, -0.05) is 26.2 Å². The van der Waals surface area contributed by atoms with Gasteiger partial charge in [0.1, 0.15) is 0 Å². The molecule has 1 aromatic carbocycles. The van der Waals surface area contributed by atoms with Crippen molar-refractivity contribution in [3.05, 3.63) is 21.8 Å². The highest BCUT2D eigenvalue weighted by atomic mass is 127. The first kappa shape index (κ1) is 13.0. The Hall–Kier alpha value is -0.450. The zero-order chi connectivity index (χ0) is 12.3. The Bertz CT molecular complexity index is 378. The summed E-state index contributed by atoms with van der Waals surface area (Å²) in [5.74, 6) is 0.895. The highest BCUT2D eigenvalue weighted by Gasteiger charge is 2.20. The van der Waals surface area contributed by atoms with E-state index in [1.54, 1.807) is 0 Å². The molecule has 17 heavy (non-hydrogen) atoms. The maximum Gasteiger partial charge on any atom is 0.0576 e. The Labute approximate surface area is 117 Å². The molecular formula is C14H21IN2. The van der Waals surface area contributed by atoms with Crippen molar-refractivity contribution in [2.75, 3.05) is 11.1 Å². The van der Waals surface area contributed by atoms with Crippen molar-refractivity contribution in [3.8, 4) is 0 Å². The molecular weight excluding hydrogens is 323 g/mol. The van der Waals surface area contributed by atoms with E-state index in [-0.39, 0.29) is 0 Å². The first-order valence-corrected chi connectivity index (χ1v) is 7.58. The van der Waals surface area contributed by atoms with Gasteiger partial charge in [-0.05, 0) is 59.5 Å². The number of nitrogens with two attached hydrogens (primary N) is 1. The largest absolute Gasteiger partial charge is 0.397 e. The highest BCUT2D eigenvalue weighted by Crippen LogP contribution is 2.30. The first-order valence-electron chi connectivity index (χ1n) is 6.50. The van der Waals surface area contributed by atoms with Gasteiger partial charge in [0.25, 0.3) is 0 Å². The summed E-state index contributed by atoms with van der Waals surface area (Å²) in [5.41, 5.74) is 8.01. The molecule has 94 valence electrons. The second kappa shape index (κ2) is 5.94. The normalized spacial score (nSPS) is 24.6. The third-order valence-electron chi connectivity index (χ3n) is 3.73. The van der Waals surface area contributed by atoms with Gasteiger partial charge in [0.05, 0.1) is 11.4 Å². The van der Waals surface area contributed by atoms with Crippen LogP contribution in [0.3, 0.4) is 0 Å². The summed E-state index contributed by atoms with van der Waals surface area (Å²) in [6.45, 7) is 2.30. The molecule has 2 rings (SSSR count). The SMILES string of the molecule is CCC1CCCC(Nc2ccc(I)cc2N)C1. The molecule has 3 N–H and O–H groups in total. The number of nitrogens with one attached hydrogen (secondary N) is 1. The highest BCUT2D eigenvalue weighted by molar-refractivity contribution is 14.1. The van der Waals surface area contributed by atoms with E-state index in [9.17, 15) is 0 Å². The fourth-order valence-electron chi connectivity index (χ4n) is 2.68. The molecule has 2 unspecified atom stereocenters. The van der Waals surface area contributed by atoms with Gasteiger partial charge in [0, 0.05) is 9.61 Å². The lowest BCUT2D eigenvalue weighted by atomic mass is 9.84. The molecule has 0 aromatic heterocycles. The maximum atomic E-state index is 6.04. The van der Waals surface area contributed by atoms with E-state index in [0.29, 0.717) is 6.04 Å². The predicted molar refractivity (Wildman–Crippen MR) is 83.2 cm³/mol. The molecule has 3 heteroatoms. The zero-order valence-corrected chi connectivity index (χ0v) is 12.5. The summed E-state index contributed by atoms with van der Waals surface area (Å²) in [6, 6.07) is 6.85. The standard InChI is InChI=1S/C14H21IN2/c1-2-10-4-3-5-12(8-10)17-14-7-6-11(15)9-13(14)16/h6-7,9-10,12,17H,2-5,8,16H2,1H3. The zero-order valence-electron chi connectivity index (χ0n) is 10.4. The fourth-order valence-corrected chi connectivity index (χ4v) is 3.19. The minimum Gasteiger partial charge on any atom is -0.397 e. The fraction of sp³-hybridized carbons (Fsp3) is 0.571. The Morgan fingerprint density at radius 2 is 2.24 bits per heavy atom. The minimum absolute atomic E-state index is 0.607. The van der Waals surface area contributed by atoms with E-state index in [1.807, 2.05) is 6.07 Å². The molecule has 2 atom stereocenters. The third kappa shape index (κ3) is 3.50. The lowest BCUT2D eigenvalue weighted by Gasteiger charge is -2.30. The molecule has 0 bridgehead atoms. The van der Waals surface area contributed by atoms with Crippen molar-refractivity contribution in [2.24, 2.45) is 5.92 Å². The number of anilines is 2. The molecule has 0 heterocycles.